The van der Waals surface area contributed by atoms with E-state index < -0.39 is 0 Å². The molecular weight excluding hydrogens is 272 g/mol. The Labute approximate surface area is 121 Å². The Morgan fingerprint density at radius 2 is 2.35 bits per heavy atom. The molecule has 5 nitrogen and oxygen atoms in total. The van der Waals surface area contributed by atoms with Crippen LogP contribution in [0.3, 0.4) is 0 Å². The van der Waals surface area contributed by atoms with Gasteiger partial charge in [-0.15, -0.1) is 11.3 Å². The van der Waals surface area contributed by atoms with Crippen molar-refractivity contribution in [3.05, 3.63) is 22.8 Å². The van der Waals surface area contributed by atoms with E-state index in [2.05, 4.69) is 27.3 Å². The van der Waals surface area contributed by atoms with Gasteiger partial charge in [0.25, 0.3) is 5.91 Å². The van der Waals surface area contributed by atoms with Crippen molar-refractivity contribution >= 4 is 22.9 Å². The first-order chi connectivity index (χ1) is 9.74. The fourth-order valence-corrected chi connectivity index (χ4v) is 4.45. The number of rotatable bonds is 1. The first kappa shape index (κ1) is 12.0. The van der Waals surface area contributed by atoms with Crippen molar-refractivity contribution in [3.63, 3.8) is 0 Å². The normalized spacial score (nSPS) is 21.4. The van der Waals surface area contributed by atoms with E-state index in [1.54, 1.807) is 11.3 Å². The minimum Gasteiger partial charge on any atom is -0.368 e. The summed E-state index contributed by atoms with van der Waals surface area (Å²) in [4.78, 5) is 16.8. The second-order valence-corrected chi connectivity index (χ2v) is 6.52. The fourth-order valence-electron chi connectivity index (χ4n) is 3.19. The van der Waals surface area contributed by atoms with Gasteiger partial charge in [0, 0.05) is 35.8 Å². The van der Waals surface area contributed by atoms with Crippen molar-refractivity contribution in [1.82, 2.24) is 15.5 Å². The van der Waals surface area contributed by atoms with E-state index in [0.29, 0.717) is 0 Å². The van der Waals surface area contributed by atoms with Gasteiger partial charge < -0.3 is 10.2 Å². The number of nitrogens with one attached hydrogen (secondary N) is 2. The smallest absolute Gasteiger partial charge is 0.263 e. The first-order valence-corrected chi connectivity index (χ1v) is 7.76. The third-order valence-electron chi connectivity index (χ3n) is 3.99. The van der Waals surface area contributed by atoms with Gasteiger partial charge in [-0.3, -0.25) is 9.89 Å². The van der Waals surface area contributed by atoms with E-state index in [1.807, 2.05) is 12.4 Å². The van der Waals surface area contributed by atoms with Crippen LogP contribution in [0.2, 0.25) is 0 Å². The summed E-state index contributed by atoms with van der Waals surface area (Å²) in [6.07, 6.45) is 5.93. The van der Waals surface area contributed by atoms with Crippen molar-refractivity contribution in [2.75, 3.05) is 18.0 Å². The van der Waals surface area contributed by atoms with E-state index in [1.165, 1.54) is 16.1 Å². The first-order valence-electron chi connectivity index (χ1n) is 6.94. The predicted octanol–water partition coefficient (Wildman–Crippen LogP) is 2.02. The molecule has 104 valence electrons. The largest absolute Gasteiger partial charge is 0.368 e. The van der Waals surface area contributed by atoms with Gasteiger partial charge in [-0.2, -0.15) is 5.10 Å². The lowest BCUT2D eigenvalue weighted by Gasteiger charge is -2.30. The summed E-state index contributed by atoms with van der Waals surface area (Å²) >= 11 is 1.60. The van der Waals surface area contributed by atoms with Gasteiger partial charge in [0.15, 0.2) is 0 Å². The Kier molecular flexibility index (Phi) is 2.60. The number of thiophene rings is 1. The van der Waals surface area contributed by atoms with E-state index in [0.717, 1.165) is 36.4 Å². The Balaban J connectivity index is 1.92. The van der Waals surface area contributed by atoms with Gasteiger partial charge in [-0.05, 0) is 25.3 Å². The maximum atomic E-state index is 12.4. The zero-order valence-corrected chi connectivity index (χ0v) is 12.1. The van der Waals surface area contributed by atoms with Crippen LogP contribution in [0.25, 0.3) is 10.4 Å². The Morgan fingerprint density at radius 1 is 1.45 bits per heavy atom. The molecule has 0 spiro atoms. The molecule has 1 amide bonds. The number of H-pyrrole nitrogens is 1. The molecule has 0 saturated carbocycles. The molecule has 4 rings (SSSR count). The van der Waals surface area contributed by atoms with Gasteiger partial charge in [-0.1, -0.05) is 0 Å². The summed E-state index contributed by atoms with van der Waals surface area (Å²) in [6.45, 7) is 4.01. The Morgan fingerprint density at radius 3 is 3.15 bits per heavy atom. The molecule has 2 aromatic heterocycles. The third kappa shape index (κ3) is 1.67. The Bertz CT molecular complexity index is 661. The molecule has 0 fully saturated rings. The van der Waals surface area contributed by atoms with Gasteiger partial charge in [0.2, 0.25) is 0 Å². The van der Waals surface area contributed by atoms with Crippen molar-refractivity contribution in [2.24, 2.45) is 0 Å². The Hall–Kier alpha value is -1.82. The van der Waals surface area contributed by atoms with Gasteiger partial charge in [0.05, 0.1) is 11.9 Å². The summed E-state index contributed by atoms with van der Waals surface area (Å²) in [7, 11) is 0. The average Bonchev–Trinajstić information content (AvgIpc) is 3.02. The minimum atomic E-state index is 0.0675. The second-order valence-electron chi connectivity index (χ2n) is 5.50. The molecule has 2 aliphatic heterocycles. The molecule has 0 saturated heterocycles. The lowest BCUT2D eigenvalue weighted by Crippen LogP contribution is -2.39. The van der Waals surface area contributed by atoms with Crippen LogP contribution in [0.1, 0.15) is 28.6 Å². The molecule has 0 aromatic carbocycles. The van der Waals surface area contributed by atoms with Crippen LogP contribution in [-0.4, -0.2) is 35.2 Å². The number of aromatic amines is 1. The SMILES string of the molecule is C[C@H]1CN2CCCc3c(-c4cn[nH]c4)sc(c32)C(=O)N1. The lowest BCUT2D eigenvalue weighted by molar-refractivity contribution is 0.0949. The highest BCUT2D eigenvalue weighted by Gasteiger charge is 2.33. The van der Waals surface area contributed by atoms with Crippen molar-refractivity contribution in [2.45, 2.75) is 25.8 Å². The van der Waals surface area contributed by atoms with Crippen LogP contribution in [0.15, 0.2) is 12.4 Å². The molecule has 0 radical (unpaired) electrons. The van der Waals surface area contributed by atoms with Crippen molar-refractivity contribution < 1.29 is 4.79 Å². The molecule has 1 atom stereocenters. The third-order valence-corrected chi connectivity index (χ3v) is 5.26. The highest BCUT2D eigenvalue weighted by molar-refractivity contribution is 7.18. The highest BCUT2D eigenvalue weighted by atomic mass is 32.1. The van der Waals surface area contributed by atoms with E-state index in [-0.39, 0.29) is 11.9 Å². The van der Waals surface area contributed by atoms with Crippen molar-refractivity contribution in [3.8, 4) is 10.4 Å². The number of amides is 1. The van der Waals surface area contributed by atoms with Gasteiger partial charge >= 0.3 is 0 Å². The summed E-state index contributed by atoms with van der Waals surface area (Å²) in [5.74, 6) is 0.0675. The van der Waals surface area contributed by atoms with Crippen LogP contribution in [0.4, 0.5) is 5.69 Å². The molecule has 0 bridgehead atoms. The molecule has 4 heterocycles. The molecule has 0 unspecified atom stereocenters. The molecule has 2 aromatic rings. The minimum absolute atomic E-state index is 0.0675. The number of nitrogens with zero attached hydrogens (tertiary/aromatic N) is 2. The zero-order valence-electron chi connectivity index (χ0n) is 11.3. The molecular formula is C14H16N4OS. The second kappa shape index (κ2) is 4.34. The van der Waals surface area contributed by atoms with Crippen molar-refractivity contribution in [1.29, 1.82) is 0 Å². The van der Waals surface area contributed by atoms with Gasteiger partial charge in [0.1, 0.15) is 4.88 Å². The van der Waals surface area contributed by atoms with E-state index >= 15 is 0 Å². The lowest BCUT2D eigenvalue weighted by atomic mass is 10.0. The molecule has 2 aliphatic rings. The maximum Gasteiger partial charge on any atom is 0.263 e. The monoisotopic (exact) mass is 288 g/mol. The topological polar surface area (TPSA) is 61.0 Å². The molecule has 0 aliphatic carbocycles. The van der Waals surface area contributed by atoms with E-state index in [9.17, 15) is 4.79 Å². The average molecular weight is 288 g/mol. The van der Waals surface area contributed by atoms with Gasteiger partial charge in [-0.25, -0.2) is 0 Å². The summed E-state index contributed by atoms with van der Waals surface area (Å²) in [5, 5.41) is 9.98. The highest BCUT2D eigenvalue weighted by Crippen LogP contribution is 2.45. The summed E-state index contributed by atoms with van der Waals surface area (Å²) in [5.41, 5.74) is 3.57. The number of hydrogen-bond donors (Lipinski definition) is 2. The summed E-state index contributed by atoms with van der Waals surface area (Å²) < 4.78 is 0. The van der Waals surface area contributed by atoms with Crippen LogP contribution < -0.4 is 10.2 Å². The molecule has 20 heavy (non-hydrogen) atoms. The number of carbonyl (C=O) groups is 1. The standard InChI is InChI=1S/C14H16N4OS/c1-8-7-18-4-2-3-10-11(18)13(14(19)17-8)20-12(10)9-5-15-16-6-9/h5-6,8H,2-4,7H2,1H3,(H,15,16)(H,17,19)/t8-/m0/s1. The number of carbonyl (C=O) groups excluding carboxylic acids is 1. The quantitative estimate of drug-likeness (QED) is 0.844. The number of anilines is 1. The van der Waals surface area contributed by atoms with Crippen LogP contribution in [-0.2, 0) is 6.42 Å². The number of aromatic nitrogens is 2. The van der Waals surface area contributed by atoms with Crippen LogP contribution >= 0.6 is 11.3 Å². The summed E-state index contributed by atoms with van der Waals surface area (Å²) in [6, 6.07) is 0.199. The number of hydrogen-bond acceptors (Lipinski definition) is 4. The molecule has 6 heteroatoms. The fraction of sp³-hybridized carbons (Fsp3) is 0.429. The van der Waals surface area contributed by atoms with Crippen LogP contribution in [0, 0.1) is 0 Å². The zero-order chi connectivity index (χ0) is 13.7. The van der Waals surface area contributed by atoms with Crippen LogP contribution in [0.5, 0.6) is 0 Å². The predicted molar refractivity (Wildman–Crippen MR) is 79.4 cm³/mol. The maximum absolute atomic E-state index is 12.4. The molecule has 2 N–H and O–H groups in total. The van der Waals surface area contributed by atoms with E-state index in [4.69, 9.17) is 0 Å².